The zero-order valence-electron chi connectivity index (χ0n) is 17.8. The molecule has 2 aliphatic rings. The van der Waals surface area contributed by atoms with Crippen molar-refractivity contribution in [2.45, 2.75) is 35.5 Å². The summed E-state index contributed by atoms with van der Waals surface area (Å²) in [4.78, 5) is 15.2. The van der Waals surface area contributed by atoms with Gasteiger partial charge in [-0.25, -0.2) is 0 Å². The van der Waals surface area contributed by atoms with Crippen LogP contribution in [0.25, 0.3) is 0 Å². The number of β-lactam (4-membered cyclic amide) rings is 1. The fourth-order valence-electron chi connectivity index (χ4n) is 4.71. The maximum absolute atomic E-state index is 13.3. The number of amides is 1. The van der Waals surface area contributed by atoms with Crippen LogP contribution < -0.4 is 5.32 Å². The zero-order chi connectivity index (χ0) is 21.6. The van der Waals surface area contributed by atoms with Crippen LogP contribution in [0.15, 0.2) is 103 Å². The average molecular weight is 427 g/mol. The summed E-state index contributed by atoms with van der Waals surface area (Å²) < 4.78 is -0.147. The molecule has 2 aliphatic heterocycles. The molecule has 0 saturated carbocycles. The molecule has 5 rings (SSSR count). The lowest BCUT2D eigenvalue weighted by Gasteiger charge is -2.48. The van der Waals surface area contributed by atoms with E-state index in [1.807, 2.05) is 23.1 Å². The summed E-state index contributed by atoms with van der Waals surface area (Å²) in [6.45, 7) is 8.48. The second kappa shape index (κ2) is 7.40. The molecule has 0 bridgehead atoms. The highest BCUT2D eigenvalue weighted by molar-refractivity contribution is 8.01. The number of nitrogens with zero attached hydrogens (tertiary/aromatic N) is 1. The van der Waals surface area contributed by atoms with Crippen LogP contribution in [0.5, 0.6) is 0 Å². The Hall–Kier alpha value is -2.82. The highest BCUT2D eigenvalue weighted by atomic mass is 32.2. The molecule has 0 radical (unpaired) electrons. The molecule has 0 aromatic heterocycles. The van der Waals surface area contributed by atoms with Crippen LogP contribution in [-0.2, 0) is 10.3 Å². The predicted molar refractivity (Wildman–Crippen MR) is 128 cm³/mol. The van der Waals surface area contributed by atoms with E-state index < -0.39 is 5.54 Å². The summed E-state index contributed by atoms with van der Waals surface area (Å²) in [5.41, 5.74) is 3.58. The predicted octanol–water partition coefficient (Wildman–Crippen LogP) is 5.14. The smallest absolute Gasteiger partial charge is 0.248 e. The lowest BCUT2D eigenvalue weighted by molar-refractivity contribution is -0.143. The largest absolute Gasteiger partial charge is 0.299 e. The Labute approximate surface area is 188 Å². The van der Waals surface area contributed by atoms with Gasteiger partial charge in [0.05, 0.1) is 10.3 Å². The molecule has 1 amide bonds. The van der Waals surface area contributed by atoms with E-state index in [4.69, 9.17) is 0 Å². The molecule has 2 saturated heterocycles. The Kier molecular flexibility index (Phi) is 4.80. The number of fused-ring (bicyclic) bond motifs is 1. The van der Waals surface area contributed by atoms with Crippen LogP contribution in [0.4, 0.5) is 0 Å². The number of rotatable bonds is 5. The Morgan fingerprint density at radius 1 is 0.839 bits per heavy atom. The molecule has 2 atom stereocenters. The summed E-state index contributed by atoms with van der Waals surface area (Å²) >= 11 is 1.81. The Bertz CT molecular complexity index is 1020. The second-order valence-corrected chi connectivity index (χ2v) is 10.4. The molecular formula is C27H26N2OS. The maximum Gasteiger partial charge on any atom is 0.248 e. The summed E-state index contributed by atoms with van der Waals surface area (Å²) in [5.74, 6) is 0.0974. The molecule has 1 N–H and O–H groups in total. The van der Waals surface area contributed by atoms with Crippen LogP contribution in [0.2, 0.25) is 0 Å². The first-order chi connectivity index (χ1) is 14.9. The summed E-state index contributed by atoms with van der Waals surface area (Å²) in [6.07, 6.45) is 0. The normalized spacial score (nSPS) is 22.2. The highest BCUT2D eigenvalue weighted by Crippen LogP contribution is 2.53. The van der Waals surface area contributed by atoms with E-state index >= 15 is 0 Å². The van der Waals surface area contributed by atoms with Crippen LogP contribution in [-0.4, -0.2) is 27.0 Å². The van der Waals surface area contributed by atoms with Crippen molar-refractivity contribution in [2.75, 3.05) is 0 Å². The van der Waals surface area contributed by atoms with Crippen LogP contribution >= 0.6 is 11.8 Å². The molecular weight excluding hydrogens is 400 g/mol. The minimum absolute atomic E-state index is 0.0468. The van der Waals surface area contributed by atoms with Gasteiger partial charge in [0.25, 0.3) is 0 Å². The minimum atomic E-state index is -0.648. The van der Waals surface area contributed by atoms with Gasteiger partial charge in [0.2, 0.25) is 5.91 Å². The van der Waals surface area contributed by atoms with Gasteiger partial charge in [0.1, 0.15) is 11.4 Å². The number of thioether (sulfide) groups is 1. The van der Waals surface area contributed by atoms with Gasteiger partial charge in [-0.15, -0.1) is 11.8 Å². The molecule has 3 aromatic carbocycles. The average Bonchev–Trinajstić information content (AvgIpc) is 3.02. The highest BCUT2D eigenvalue weighted by Gasteiger charge is 2.60. The third-order valence-electron chi connectivity index (χ3n) is 6.44. The quantitative estimate of drug-likeness (QED) is 0.453. The number of benzene rings is 3. The van der Waals surface area contributed by atoms with Gasteiger partial charge in [0, 0.05) is 5.70 Å². The fourth-order valence-corrected chi connectivity index (χ4v) is 6.21. The van der Waals surface area contributed by atoms with Gasteiger partial charge in [-0.1, -0.05) is 97.6 Å². The van der Waals surface area contributed by atoms with Gasteiger partial charge in [-0.05, 0) is 30.5 Å². The third kappa shape index (κ3) is 3.05. The van der Waals surface area contributed by atoms with Crippen molar-refractivity contribution >= 4 is 17.7 Å². The van der Waals surface area contributed by atoms with Crippen LogP contribution in [0, 0.1) is 0 Å². The zero-order valence-corrected chi connectivity index (χ0v) is 18.6. The molecule has 3 nitrogen and oxygen atoms in total. The van der Waals surface area contributed by atoms with Crippen molar-refractivity contribution in [3.8, 4) is 0 Å². The van der Waals surface area contributed by atoms with Gasteiger partial charge >= 0.3 is 0 Å². The number of hydrogen-bond acceptors (Lipinski definition) is 3. The molecule has 31 heavy (non-hydrogen) atoms. The minimum Gasteiger partial charge on any atom is -0.299 e. The molecule has 156 valence electrons. The molecule has 0 spiro atoms. The van der Waals surface area contributed by atoms with E-state index in [1.54, 1.807) is 11.8 Å². The summed E-state index contributed by atoms with van der Waals surface area (Å²) in [7, 11) is 0. The van der Waals surface area contributed by atoms with Crippen molar-refractivity contribution < 1.29 is 4.79 Å². The number of carbonyl (C=O) groups excluding carboxylic acids is 1. The standard InChI is InChI=1S/C27H26N2OS/c1-19-26(2,3)31-25-23(24(30)29(19)25)28-27(20-13-7-4-8-14-20,21-15-9-5-10-16-21)22-17-11-6-12-18-22/h4-18,23,25,28H,1H2,2-3H3. The molecule has 2 heterocycles. The van der Waals surface area contributed by atoms with Crippen molar-refractivity contribution in [1.29, 1.82) is 0 Å². The topological polar surface area (TPSA) is 32.3 Å². The van der Waals surface area contributed by atoms with Crippen LogP contribution in [0.3, 0.4) is 0 Å². The lowest BCUT2D eigenvalue weighted by Crippen LogP contribution is -2.69. The first-order valence-electron chi connectivity index (χ1n) is 10.6. The van der Waals surface area contributed by atoms with E-state index in [0.29, 0.717) is 0 Å². The SMILES string of the molecule is C=C1N2C(=O)C(NC(c3ccccc3)(c3ccccc3)c3ccccc3)C2SC1(C)C. The Balaban J connectivity index is 1.67. The fraction of sp³-hybridized carbons (Fsp3) is 0.222. The van der Waals surface area contributed by atoms with Gasteiger partial charge in [-0.2, -0.15) is 0 Å². The number of hydrogen-bond donors (Lipinski definition) is 1. The van der Waals surface area contributed by atoms with Gasteiger partial charge in [-0.3, -0.25) is 15.0 Å². The van der Waals surface area contributed by atoms with Gasteiger partial charge in [0.15, 0.2) is 0 Å². The monoisotopic (exact) mass is 426 g/mol. The number of carbonyl (C=O) groups is 1. The van der Waals surface area contributed by atoms with Crippen molar-refractivity contribution in [2.24, 2.45) is 0 Å². The lowest BCUT2D eigenvalue weighted by atomic mass is 9.76. The van der Waals surface area contributed by atoms with E-state index in [-0.39, 0.29) is 22.1 Å². The second-order valence-electron chi connectivity index (χ2n) is 8.64. The van der Waals surface area contributed by atoms with Crippen molar-refractivity contribution in [3.63, 3.8) is 0 Å². The summed E-state index contributed by atoms with van der Waals surface area (Å²) in [5, 5.41) is 3.89. The van der Waals surface area contributed by atoms with Gasteiger partial charge < -0.3 is 0 Å². The van der Waals surface area contributed by atoms with E-state index in [0.717, 1.165) is 22.4 Å². The van der Waals surface area contributed by atoms with E-state index in [1.165, 1.54) is 0 Å². The van der Waals surface area contributed by atoms with Crippen molar-refractivity contribution in [1.82, 2.24) is 10.2 Å². The summed E-state index contributed by atoms with van der Waals surface area (Å²) in [6, 6.07) is 31.0. The molecule has 0 aliphatic carbocycles. The number of nitrogens with one attached hydrogen (secondary N) is 1. The molecule has 3 aromatic rings. The molecule has 2 fully saturated rings. The Morgan fingerprint density at radius 2 is 1.26 bits per heavy atom. The first-order valence-corrected chi connectivity index (χ1v) is 11.5. The van der Waals surface area contributed by atoms with E-state index in [9.17, 15) is 4.79 Å². The third-order valence-corrected chi connectivity index (χ3v) is 7.99. The maximum atomic E-state index is 13.3. The molecule has 4 heteroatoms. The first kappa shape index (κ1) is 20.1. The van der Waals surface area contributed by atoms with Crippen LogP contribution in [0.1, 0.15) is 30.5 Å². The van der Waals surface area contributed by atoms with Crippen molar-refractivity contribution in [3.05, 3.63) is 120 Å². The Morgan fingerprint density at radius 3 is 1.68 bits per heavy atom. The molecule has 2 unspecified atom stereocenters. The van der Waals surface area contributed by atoms with E-state index in [2.05, 4.69) is 98.5 Å².